The minimum absolute atomic E-state index is 0.0265. The molecule has 1 saturated heterocycles. The van der Waals surface area contributed by atoms with E-state index in [1.807, 2.05) is 0 Å². The van der Waals surface area contributed by atoms with E-state index in [-0.39, 0.29) is 23.5 Å². The average Bonchev–Trinajstić information content (AvgIpc) is 3.24. The molecule has 1 aliphatic heterocycles. The zero-order chi connectivity index (χ0) is 25.8. The average molecular weight is 493 g/mol. The van der Waals surface area contributed by atoms with Gasteiger partial charge in [-0.15, -0.1) is 0 Å². The van der Waals surface area contributed by atoms with Gasteiger partial charge in [0.2, 0.25) is 11.8 Å². The highest BCUT2D eigenvalue weighted by Crippen LogP contribution is 2.21. The molecule has 0 unspecified atom stereocenters. The van der Waals surface area contributed by atoms with Gasteiger partial charge >= 0.3 is 0 Å². The van der Waals surface area contributed by atoms with Crippen LogP contribution in [0.3, 0.4) is 0 Å². The van der Waals surface area contributed by atoms with Crippen molar-refractivity contribution in [2.75, 3.05) is 13.2 Å². The summed E-state index contributed by atoms with van der Waals surface area (Å²) in [6.07, 6.45) is 0.788. The van der Waals surface area contributed by atoms with E-state index in [1.165, 1.54) is 32.0 Å². The number of nitrogens with one attached hydrogen (secondary N) is 4. The van der Waals surface area contributed by atoms with E-state index in [2.05, 4.69) is 20.9 Å². The summed E-state index contributed by atoms with van der Waals surface area (Å²) in [4.78, 5) is 53.0. The van der Waals surface area contributed by atoms with Gasteiger partial charge in [0.25, 0.3) is 5.91 Å². The van der Waals surface area contributed by atoms with Gasteiger partial charge in [-0.1, -0.05) is 12.1 Å². The van der Waals surface area contributed by atoms with Crippen LogP contribution in [0.25, 0.3) is 10.9 Å². The number of carbonyl (C=O) groups is 4. The Kier molecular flexibility index (Phi) is 8.21. The minimum Gasteiger partial charge on any atom is -0.389 e. The van der Waals surface area contributed by atoms with E-state index < -0.39 is 60.1 Å². The molecule has 1 aromatic carbocycles. The Morgan fingerprint density at radius 3 is 2.60 bits per heavy atom. The molecule has 0 saturated carbocycles. The molecule has 1 aromatic heterocycles. The zero-order valence-corrected chi connectivity index (χ0v) is 19.6. The standard InChI is InChI=1S/C24H30F2N4O5/c1-24(2,26)11-18(30-22(34)17-9-13-5-3-7-15(25)20(13)28-17)23(35)29-16(19(32)12-31)10-14-6-4-8-27-21(14)33/h3,5,7,9,14,16,18,28,31H,4,6,8,10-12H2,1-2H3,(H,27,33)(H,29,35)(H,30,34)/t14-,16-,18-/m0/s1. The van der Waals surface area contributed by atoms with E-state index in [0.717, 1.165) is 0 Å². The number of para-hydroxylation sites is 1. The SMILES string of the molecule is CC(C)(F)C[C@H](NC(=O)c1cc2cccc(F)c2[nH]1)C(=O)N[C@@H](C[C@@H]1CCCNC1=O)C(=O)CO. The third kappa shape index (κ3) is 6.84. The van der Waals surface area contributed by atoms with Crippen LogP contribution in [0.4, 0.5) is 8.78 Å². The molecule has 190 valence electrons. The number of ketones is 1. The molecule has 0 bridgehead atoms. The molecular weight excluding hydrogens is 462 g/mol. The lowest BCUT2D eigenvalue weighted by molar-refractivity contribution is -0.133. The highest BCUT2D eigenvalue weighted by molar-refractivity contribution is 6.01. The number of benzene rings is 1. The lowest BCUT2D eigenvalue weighted by Crippen LogP contribution is -2.54. The molecule has 11 heteroatoms. The van der Waals surface area contributed by atoms with Crippen LogP contribution >= 0.6 is 0 Å². The van der Waals surface area contributed by atoms with Crippen molar-refractivity contribution in [3.05, 3.63) is 35.8 Å². The third-order valence-corrected chi connectivity index (χ3v) is 5.94. The first-order valence-electron chi connectivity index (χ1n) is 11.5. The van der Waals surface area contributed by atoms with Crippen LogP contribution in [0.2, 0.25) is 0 Å². The van der Waals surface area contributed by atoms with Crippen LogP contribution < -0.4 is 16.0 Å². The normalized spacial score (nSPS) is 18.0. The van der Waals surface area contributed by atoms with Crippen molar-refractivity contribution in [2.24, 2.45) is 5.92 Å². The number of hydrogen-bond acceptors (Lipinski definition) is 5. The van der Waals surface area contributed by atoms with Gasteiger partial charge in [-0.3, -0.25) is 19.2 Å². The van der Waals surface area contributed by atoms with Crippen molar-refractivity contribution in [2.45, 2.75) is 57.3 Å². The maximum Gasteiger partial charge on any atom is 0.268 e. The maximum absolute atomic E-state index is 14.5. The summed E-state index contributed by atoms with van der Waals surface area (Å²) in [7, 11) is 0. The van der Waals surface area contributed by atoms with Crippen LogP contribution in [0.1, 0.15) is 50.0 Å². The number of Topliss-reactive ketones (excluding diaryl/α,β-unsaturated/α-hetero) is 1. The Morgan fingerprint density at radius 2 is 1.97 bits per heavy atom. The van der Waals surface area contributed by atoms with Crippen LogP contribution in [-0.4, -0.2) is 64.5 Å². The van der Waals surface area contributed by atoms with Gasteiger partial charge in [0, 0.05) is 24.3 Å². The van der Waals surface area contributed by atoms with Gasteiger partial charge in [0.05, 0.1) is 11.6 Å². The maximum atomic E-state index is 14.5. The largest absolute Gasteiger partial charge is 0.389 e. The number of aromatic amines is 1. The van der Waals surface area contributed by atoms with E-state index in [0.29, 0.717) is 24.8 Å². The highest BCUT2D eigenvalue weighted by Gasteiger charge is 2.34. The molecule has 0 spiro atoms. The monoisotopic (exact) mass is 492 g/mol. The third-order valence-electron chi connectivity index (χ3n) is 5.94. The summed E-state index contributed by atoms with van der Waals surface area (Å²) in [6.45, 7) is 2.14. The molecule has 0 aliphatic carbocycles. The number of aromatic nitrogens is 1. The fourth-order valence-electron chi connectivity index (χ4n) is 4.17. The van der Waals surface area contributed by atoms with Crippen molar-refractivity contribution in [3.8, 4) is 0 Å². The summed E-state index contributed by atoms with van der Waals surface area (Å²) < 4.78 is 28.5. The fraction of sp³-hybridized carbons (Fsp3) is 0.500. The Labute approximate surface area is 201 Å². The lowest BCUT2D eigenvalue weighted by Gasteiger charge is -2.28. The lowest BCUT2D eigenvalue weighted by atomic mass is 9.90. The number of aliphatic hydroxyl groups is 1. The van der Waals surface area contributed by atoms with Gasteiger partial charge in [-0.05, 0) is 45.2 Å². The number of piperidine rings is 1. The van der Waals surface area contributed by atoms with Gasteiger partial charge in [-0.2, -0.15) is 0 Å². The van der Waals surface area contributed by atoms with Gasteiger partial charge < -0.3 is 26.0 Å². The van der Waals surface area contributed by atoms with Gasteiger partial charge in [0.1, 0.15) is 29.8 Å². The molecular formula is C24H30F2N4O5. The minimum atomic E-state index is -1.86. The second kappa shape index (κ2) is 10.9. The number of amides is 3. The molecule has 5 N–H and O–H groups in total. The predicted octanol–water partition coefficient (Wildman–Crippen LogP) is 1.51. The number of alkyl halides is 1. The Bertz CT molecular complexity index is 1110. The molecule has 1 aliphatic rings. The summed E-state index contributed by atoms with van der Waals surface area (Å²) in [5.41, 5.74) is -1.77. The Morgan fingerprint density at radius 1 is 1.23 bits per heavy atom. The molecule has 0 radical (unpaired) electrons. The number of hydrogen-bond donors (Lipinski definition) is 5. The molecule has 3 rings (SSSR count). The predicted molar refractivity (Wildman–Crippen MR) is 124 cm³/mol. The quantitative estimate of drug-likeness (QED) is 0.342. The molecule has 3 atom stereocenters. The molecule has 3 amide bonds. The van der Waals surface area contributed by atoms with Crippen molar-refractivity contribution < 1.29 is 33.1 Å². The topological polar surface area (TPSA) is 140 Å². The van der Waals surface area contributed by atoms with Gasteiger partial charge in [0.15, 0.2) is 5.78 Å². The summed E-state index contributed by atoms with van der Waals surface area (Å²) in [5, 5.41) is 17.4. The van der Waals surface area contributed by atoms with Gasteiger partial charge in [-0.25, -0.2) is 8.78 Å². The summed E-state index contributed by atoms with van der Waals surface area (Å²) in [5.74, 6) is -3.64. The van der Waals surface area contributed by atoms with E-state index >= 15 is 0 Å². The summed E-state index contributed by atoms with van der Waals surface area (Å²) in [6, 6.07) is 3.15. The van der Waals surface area contributed by atoms with E-state index in [9.17, 15) is 33.1 Å². The number of H-pyrrole nitrogens is 1. The van der Waals surface area contributed by atoms with Crippen molar-refractivity contribution >= 4 is 34.4 Å². The van der Waals surface area contributed by atoms with Crippen LogP contribution in [0.15, 0.2) is 24.3 Å². The molecule has 35 heavy (non-hydrogen) atoms. The van der Waals surface area contributed by atoms with Crippen molar-refractivity contribution in [1.29, 1.82) is 0 Å². The second-order valence-electron chi connectivity index (χ2n) is 9.39. The van der Waals surface area contributed by atoms with Crippen LogP contribution in [0, 0.1) is 11.7 Å². The van der Waals surface area contributed by atoms with E-state index in [1.54, 1.807) is 6.07 Å². The Hall–Kier alpha value is -3.34. The smallest absolute Gasteiger partial charge is 0.268 e. The first kappa shape index (κ1) is 26.3. The molecule has 9 nitrogen and oxygen atoms in total. The summed E-state index contributed by atoms with van der Waals surface area (Å²) >= 11 is 0. The molecule has 1 fully saturated rings. The Balaban J connectivity index is 1.78. The first-order valence-corrected chi connectivity index (χ1v) is 11.5. The molecule has 2 aromatic rings. The number of halogens is 2. The number of carbonyl (C=O) groups excluding carboxylic acids is 4. The second-order valence-corrected chi connectivity index (χ2v) is 9.39. The van der Waals surface area contributed by atoms with Crippen LogP contribution in [0.5, 0.6) is 0 Å². The fourth-order valence-corrected chi connectivity index (χ4v) is 4.17. The zero-order valence-electron chi connectivity index (χ0n) is 19.6. The number of rotatable bonds is 10. The number of fused-ring (bicyclic) bond motifs is 1. The van der Waals surface area contributed by atoms with Crippen molar-refractivity contribution in [1.82, 2.24) is 20.9 Å². The number of aliphatic hydroxyl groups excluding tert-OH is 1. The van der Waals surface area contributed by atoms with Crippen molar-refractivity contribution in [3.63, 3.8) is 0 Å². The van der Waals surface area contributed by atoms with Crippen LogP contribution in [-0.2, 0) is 14.4 Å². The first-order chi connectivity index (χ1) is 16.5. The van der Waals surface area contributed by atoms with E-state index in [4.69, 9.17) is 0 Å². The highest BCUT2D eigenvalue weighted by atomic mass is 19.1. The molecule has 2 heterocycles.